The molecule has 0 aromatic rings. The van der Waals surface area contributed by atoms with Crippen molar-refractivity contribution in [1.82, 2.24) is 9.80 Å². The molecule has 0 aromatic carbocycles. The molecular weight excluding hydrogens is 296 g/mol. The maximum Gasteiger partial charge on any atom is 0.0829 e. The van der Waals surface area contributed by atoms with Gasteiger partial charge < -0.3 is 9.47 Å². The maximum absolute atomic E-state index is 5.89. The SMILES string of the molecule is CCN1CCOC(CN2CC(CBr)OCC2C)C1. The molecule has 0 saturated carbocycles. The fourth-order valence-electron chi connectivity index (χ4n) is 2.66. The van der Waals surface area contributed by atoms with Crippen LogP contribution < -0.4 is 0 Å². The second kappa shape index (κ2) is 7.20. The summed E-state index contributed by atoms with van der Waals surface area (Å²) < 4.78 is 11.7. The third kappa shape index (κ3) is 3.90. The Hall–Kier alpha value is 0.320. The molecule has 4 nitrogen and oxygen atoms in total. The number of likely N-dealkylation sites (N-methyl/N-ethyl adjacent to an activating group) is 1. The number of hydrogen-bond acceptors (Lipinski definition) is 4. The van der Waals surface area contributed by atoms with Crippen LogP contribution in [0.1, 0.15) is 13.8 Å². The minimum atomic E-state index is 0.326. The molecule has 18 heavy (non-hydrogen) atoms. The minimum Gasteiger partial charge on any atom is -0.374 e. The van der Waals surface area contributed by atoms with Crippen LogP contribution in [0, 0.1) is 0 Å². The smallest absolute Gasteiger partial charge is 0.0829 e. The van der Waals surface area contributed by atoms with Gasteiger partial charge in [-0.05, 0) is 13.5 Å². The van der Waals surface area contributed by atoms with Crippen LogP contribution in [-0.4, -0.2) is 79.3 Å². The average molecular weight is 321 g/mol. The third-order valence-corrected chi connectivity index (χ3v) is 4.64. The molecular formula is C13H25BrN2O2. The first kappa shape index (κ1) is 14.7. The zero-order chi connectivity index (χ0) is 13.0. The predicted molar refractivity (Wildman–Crippen MR) is 76.4 cm³/mol. The highest BCUT2D eigenvalue weighted by Gasteiger charge is 2.29. The second-order valence-electron chi connectivity index (χ2n) is 5.30. The number of nitrogens with zero attached hydrogens (tertiary/aromatic N) is 2. The Morgan fingerprint density at radius 3 is 2.78 bits per heavy atom. The first-order chi connectivity index (χ1) is 8.72. The van der Waals surface area contributed by atoms with Gasteiger partial charge >= 0.3 is 0 Å². The van der Waals surface area contributed by atoms with Gasteiger partial charge in [0, 0.05) is 37.6 Å². The summed E-state index contributed by atoms with van der Waals surface area (Å²) >= 11 is 3.51. The normalized spacial score (nSPS) is 35.8. The van der Waals surface area contributed by atoms with Gasteiger partial charge in [-0.15, -0.1) is 0 Å². The molecule has 3 unspecified atom stereocenters. The van der Waals surface area contributed by atoms with Gasteiger partial charge in [0.05, 0.1) is 25.4 Å². The van der Waals surface area contributed by atoms with Gasteiger partial charge in [-0.25, -0.2) is 0 Å². The summed E-state index contributed by atoms with van der Waals surface area (Å²) in [6.45, 7) is 11.5. The summed E-state index contributed by atoms with van der Waals surface area (Å²) in [7, 11) is 0. The molecule has 2 heterocycles. The molecule has 0 spiro atoms. The molecule has 0 N–H and O–H groups in total. The standard InChI is InChI=1S/C13H25BrN2O2/c1-3-15-4-5-17-13(7-15)9-16-8-12(6-14)18-10-11(16)2/h11-13H,3-10H2,1-2H3. The summed E-state index contributed by atoms with van der Waals surface area (Å²) in [6.07, 6.45) is 0.683. The van der Waals surface area contributed by atoms with E-state index in [4.69, 9.17) is 9.47 Å². The molecule has 106 valence electrons. The highest BCUT2D eigenvalue weighted by Crippen LogP contribution is 2.16. The van der Waals surface area contributed by atoms with Crippen LogP contribution in [0.3, 0.4) is 0 Å². The molecule has 2 rings (SSSR count). The summed E-state index contributed by atoms with van der Waals surface area (Å²) in [5, 5.41) is 0.919. The van der Waals surface area contributed by atoms with Gasteiger partial charge in [0.15, 0.2) is 0 Å². The molecule has 5 heteroatoms. The van der Waals surface area contributed by atoms with Crippen molar-refractivity contribution >= 4 is 15.9 Å². The van der Waals surface area contributed by atoms with Crippen LogP contribution in [0.5, 0.6) is 0 Å². The van der Waals surface area contributed by atoms with E-state index in [-0.39, 0.29) is 0 Å². The van der Waals surface area contributed by atoms with E-state index in [1.54, 1.807) is 0 Å². The lowest BCUT2D eigenvalue weighted by Crippen LogP contribution is -2.54. The van der Waals surface area contributed by atoms with Crippen LogP contribution in [0.4, 0.5) is 0 Å². The summed E-state index contributed by atoms with van der Waals surface area (Å²) in [6, 6.07) is 0.501. The Kier molecular flexibility index (Phi) is 5.89. The van der Waals surface area contributed by atoms with E-state index < -0.39 is 0 Å². The van der Waals surface area contributed by atoms with E-state index in [0.29, 0.717) is 18.2 Å². The Morgan fingerprint density at radius 1 is 1.22 bits per heavy atom. The van der Waals surface area contributed by atoms with Crippen molar-refractivity contribution in [2.45, 2.75) is 32.1 Å². The number of halogens is 1. The predicted octanol–water partition coefficient (Wildman–Crippen LogP) is 1.19. The minimum absolute atomic E-state index is 0.326. The highest BCUT2D eigenvalue weighted by molar-refractivity contribution is 9.09. The van der Waals surface area contributed by atoms with Crippen LogP contribution >= 0.6 is 15.9 Å². The topological polar surface area (TPSA) is 24.9 Å². The highest BCUT2D eigenvalue weighted by atomic mass is 79.9. The van der Waals surface area contributed by atoms with Crippen LogP contribution in [0.25, 0.3) is 0 Å². The Balaban J connectivity index is 1.83. The van der Waals surface area contributed by atoms with Crippen molar-refractivity contribution in [2.24, 2.45) is 0 Å². The summed E-state index contributed by atoms with van der Waals surface area (Å²) in [5.74, 6) is 0. The summed E-state index contributed by atoms with van der Waals surface area (Å²) in [4.78, 5) is 4.99. The lowest BCUT2D eigenvalue weighted by Gasteiger charge is -2.41. The molecule has 0 aromatic heterocycles. The van der Waals surface area contributed by atoms with Crippen molar-refractivity contribution in [3.05, 3.63) is 0 Å². The molecule has 0 bridgehead atoms. The number of rotatable bonds is 4. The van der Waals surface area contributed by atoms with Gasteiger partial charge in [0.25, 0.3) is 0 Å². The molecule has 3 atom stereocenters. The average Bonchev–Trinajstić information content (AvgIpc) is 2.41. The Morgan fingerprint density at radius 2 is 2.06 bits per heavy atom. The quantitative estimate of drug-likeness (QED) is 0.726. The van der Waals surface area contributed by atoms with Crippen LogP contribution in [-0.2, 0) is 9.47 Å². The third-order valence-electron chi connectivity index (χ3n) is 3.91. The second-order valence-corrected chi connectivity index (χ2v) is 5.95. The van der Waals surface area contributed by atoms with Crippen molar-refractivity contribution in [2.75, 3.05) is 51.3 Å². The van der Waals surface area contributed by atoms with E-state index >= 15 is 0 Å². The fraction of sp³-hybridized carbons (Fsp3) is 1.00. The van der Waals surface area contributed by atoms with E-state index in [0.717, 1.165) is 51.3 Å². The maximum atomic E-state index is 5.89. The lowest BCUT2D eigenvalue weighted by molar-refractivity contribution is -0.0869. The van der Waals surface area contributed by atoms with Crippen molar-refractivity contribution < 1.29 is 9.47 Å². The van der Waals surface area contributed by atoms with Gasteiger partial charge in [0.1, 0.15) is 0 Å². The monoisotopic (exact) mass is 320 g/mol. The Bertz CT molecular complexity index is 255. The van der Waals surface area contributed by atoms with Crippen LogP contribution in [0.15, 0.2) is 0 Å². The van der Waals surface area contributed by atoms with Crippen molar-refractivity contribution in [1.29, 1.82) is 0 Å². The van der Waals surface area contributed by atoms with Gasteiger partial charge in [-0.2, -0.15) is 0 Å². The molecule has 0 amide bonds. The molecule has 0 radical (unpaired) electrons. The molecule has 2 aliphatic heterocycles. The zero-order valence-electron chi connectivity index (χ0n) is 11.5. The lowest BCUT2D eigenvalue weighted by atomic mass is 10.1. The van der Waals surface area contributed by atoms with Crippen molar-refractivity contribution in [3.8, 4) is 0 Å². The van der Waals surface area contributed by atoms with Gasteiger partial charge in [0.2, 0.25) is 0 Å². The number of alkyl halides is 1. The van der Waals surface area contributed by atoms with E-state index in [2.05, 4.69) is 39.6 Å². The van der Waals surface area contributed by atoms with Crippen LogP contribution in [0.2, 0.25) is 0 Å². The Labute approximate surface area is 119 Å². The number of hydrogen-bond donors (Lipinski definition) is 0. The first-order valence-electron chi connectivity index (χ1n) is 6.98. The van der Waals surface area contributed by atoms with E-state index in [1.807, 2.05) is 0 Å². The van der Waals surface area contributed by atoms with Gasteiger partial charge in [-0.3, -0.25) is 9.80 Å². The summed E-state index contributed by atoms with van der Waals surface area (Å²) in [5.41, 5.74) is 0. The van der Waals surface area contributed by atoms with E-state index in [9.17, 15) is 0 Å². The molecule has 2 saturated heterocycles. The number of ether oxygens (including phenoxy) is 2. The molecule has 2 fully saturated rings. The molecule has 0 aliphatic carbocycles. The van der Waals surface area contributed by atoms with Crippen molar-refractivity contribution in [3.63, 3.8) is 0 Å². The largest absolute Gasteiger partial charge is 0.374 e. The zero-order valence-corrected chi connectivity index (χ0v) is 13.1. The fourth-order valence-corrected chi connectivity index (χ4v) is 3.05. The van der Waals surface area contributed by atoms with E-state index in [1.165, 1.54) is 0 Å². The van der Waals surface area contributed by atoms with Gasteiger partial charge in [-0.1, -0.05) is 22.9 Å². The molecule has 2 aliphatic rings. The first-order valence-corrected chi connectivity index (χ1v) is 8.10. The number of morpholine rings is 2.